The van der Waals surface area contributed by atoms with Crippen LogP contribution in [0.1, 0.15) is 5.82 Å². The number of nitrogens with one attached hydrogen (secondary N) is 1. The number of carbonyl (C=O) groups is 1. The van der Waals surface area contributed by atoms with Gasteiger partial charge in [0.15, 0.2) is 5.82 Å². The molecule has 0 aliphatic carbocycles. The highest BCUT2D eigenvalue weighted by molar-refractivity contribution is 5.99. The van der Waals surface area contributed by atoms with Crippen molar-refractivity contribution in [1.82, 2.24) is 15.0 Å². The van der Waals surface area contributed by atoms with Crippen LogP contribution in [-0.2, 0) is 4.79 Å². The van der Waals surface area contributed by atoms with Crippen LogP contribution in [0.4, 0.5) is 11.5 Å². The molecule has 1 amide bonds. The largest absolute Gasteiger partial charge is 0.497 e. The van der Waals surface area contributed by atoms with Gasteiger partial charge in [-0.25, -0.2) is 9.97 Å². The fourth-order valence-electron chi connectivity index (χ4n) is 3.18. The molecule has 0 bridgehead atoms. The van der Waals surface area contributed by atoms with Crippen LogP contribution >= 0.6 is 0 Å². The van der Waals surface area contributed by atoms with Crippen molar-refractivity contribution in [2.24, 2.45) is 0 Å². The normalized spacial score (nSPS) is 15.0. The van der Waals surface area contributed by atoms with Gasteiger partial charge in [-0.3, -0.25) is 4.79 Å². The van der Waals surface area contributed by atoms with Crippen LogP contribution in [0.2, 0.25) is 0 Å². The highest BCUT2D eigenvalue weighted by Gasteiger charge is 2.27. The average molecular weight is 337 g/mol. The van der Waals surface area contributed by atoms with E-state index >= 15 is 0 Å². The molecule has 4 rings (SSSR count). The summed E-state index contributed by atoms with van der Waals surface area (Å²) in [5.74, 6) is 2.26. The predicted molar refractivity (Wildman–Crippen MR) is 96.2 cm³/mol. The maximum atomic E-state index is 12.7. The van der Waals surface area contributed by atoms with Gasteiger partial charge in [-0.1, -0.05) is 6.07 Å². The number of aromatic nitrogens is 3. The molecule has 1 saturated heterocycles. The number of piperazine rings is 1. The second kappa shape index (κ2) is 6.08. The predicted octanol–water partition coefficient (Wildman–Crippen LogP) is 2.13. The van der Waals surface area contributed by atoms with Gasteiger partial charge in [0.05, 0.1) is 19.2 Å². The molecule has 1 fully saturated rings. The molecule has 0 radical (unpaired) electrons. The van der Waals surface area contributed by atoms with E-state index in [2.05, 4.69) is 15.0 Å². The van der Waals surface area contributed by atoms with Crippen molar-refractivity contribution in [3.05, 3.63) is 42.4 Å². The number of nitrogens with zero attached hydrogens (tertiary/aromatic N) is 4. The minimum absolute atomic E-state index is 0.0375. The third-order valence-electron chi connectivity index (χ3n) is 4.38. The van der Waals surface area contributed by atoms with E-state index < -0.39 is 0 Å². The van der Waals surface area contributed by atoms with Crippen molar-refractivity contribution in [3.63, 3.8) is 0 Å². The van der Waals surface area contributed by atoms with Gasteiger partial charge < -0.3 is 19.5 Å². The molecular formula is C18H19N5O2. The average Bonchev–Trinajstić information content (AvgIpc) is 3.09. The summed E-state index contributed by atoms with van der Waals surface area (Å²) < 4.78 is 5.25. The first-order valence-electron chi connectivity index (χ1n) is 8.17. The van der Waals surface area contributed by atoms with Gasteiger partial charge in [0.2, 0.25) is 5.91 Å². The van der Waals surface area contributed by atoms with Gasteiger partial charge in [-0.2, -0.15) is 0 Å². The van der Waals surface area contributed by atoms with Crippen LogP contribution in [0.3, 0.4) is 0 Å². The zero-order valence-corrected chi connectivity index (χ0v) is 14.2. The van der Waals surface area contributed by atoms with Gasteiger partial charge in [0.25, 0.3) is 0 Å². The number of aromatic amines is 1. The molecule has 25 heavy (non-hydrogen) atoms. The Hall–Kier alpha value is -3.09. The topological polar surface area (TPSA) is 74.3 Å². The summed E-state index contributed by atoms with van der Waals surface area (Å²) in [6, 6.07) is 9.49. The first-order valence-corrected chi connectivity index (χ1v) is 8.17. The number of methoxy groups -OCH3 is 1. The minimum atomic E-state index is 0.0375. The number of benzene rings is 1. The lowest BCUT2D eigenvalue weighted by atomic mass is 10.2. The zero-order chi connectivity index (χ0) is 17.4. The van der Waals surface area contributed by atoms with Crippen LogP contribution in [0.5, 0.6) is 5.75 Å². The van der Waals surface area contributed by atoms with Gasteiger partial charge in [0, 0.05) is 31.0 Å². The number of H-pyrrole nitrogens is 1. The Morgan fingerprint density at radius 1 is 1.20 bits per heavy atom. The van der Waals surface area contributed by atoms with Crippen LogP contribution in [-0.4, -0.2) is 47.6 Å². The summed E-state index contributed by atoms with van der Waals surface area (Å²) >= 11 is 0. The van der Waals surface area contributed by atoms with E-state index in [4.69, 9.17) is 4.74 Å². The van der Waals surface area contributed by atoms with Crippen molar-refractivity contribution >= 4 is 28.4 Å². The molecular weight excluding hydrogens is 318 g/mol. The molecule has 1 aliphatic heterocycles. The zero-order valence-electron chi connectivity index (χ0n) is 14.2. The van der Waals surface area contributed by atoms with E-state index in [0.29, 0.717) is 18.9 Å². The van der Waals surface area contributed by atoms with Crippen LogP contribution < -0.4 is 14.5 Å². The second-order valence-corrected chi connectivity index (χ2v) is 6.00. The number of carbonyl (C=O) groups excluding carboxylic acids is 1. The molecule has 0 saturated carbocycles. The number of hydrogen-bond donors (Lipinski definition) is 1. The molecule has 1 aliphatic rings. The van der Waals surface area contributed by atoms with E-state index in [1.165, 1.54) is 0 Å². The summed E-state index contributed by atoms with van der Waals surface area (Å²) in [5, 5.41) is 0. The fraction of sp³-hybridized carbons (Fsp3) is 0.278. The molecule has 3 aromatic rings. The van der Waals surface area contributed by atoms with Gasteiger partial charge in [0.1, 0.15) is 17.1 Å². The van der Waals surface area contributed by atoms with E-state index in [9.17, 15) is 4.79 Å². The number of rotatable bonds is 3. The highest BCUT2D eigenvalue weighted by Crippen LogP contribution is 2.27. The molecule has 0 unspecified atom stereocenters. The highest BCUT2D eigenvalue weighted by atomic mass is 16.5. The summed E-state index contributed by atoms with van der Waals surface area (Å²) in [7, 11) is 1.62. The lowest BCUT2D eigenvalue weighted by Gasteiger charge is -2.35. The third kappa shape index (κ3) is 2.77. The SMILES string of the molecule is COc1cccc(N2CCN(c3nc(C)nc4cc[nH]c34)CC2=O)c1. The van der Waals surface area contributed by atoms with Gasteiger partial charge in [-0.05, 0) is 25.1 Å². The lowest BCUT2D eigenvalue weighted by molar-refractivity contribution is -0.117. The smallest absolute Gasteiger partial charge is 0.246 e. The van der Waals surface area contributed by atoms with E-state index in [-0.39, 0.29) is 12.5 Å². The Morgan fingerprint density at radius 2 is 2.08 bits per heavy atom. The van der Waals surface area contributed by atoms with Crippen LogP contribution in [0.15, 0.2) is 36.5 Å². The van der Waals surface area contributed by atoms with Crippen molar-refractivity contribution < 1.29 is 9.53 Å². The number of fused-ring (bicyclic) bond motifs is 1. The lowest BCUT2D eigenvalue weighted by Crippen LogP contribution is -2.51. The summed E-state index contributed by atoms with van der Waals surface area (Å²) in [5.41, 5.74) is 2.59. The summed E-state index contributed by atoms with van der Waals surface area (Å²) in [6.45, 7) is 3.44. The maximum Gasteiger partial charge on any atom is 0.246 e. The number of aryl methyl sites for hydroxylation is 1. The van der Waals surface area contributed by atoms with Crippen LogP contribution in [0, 0.1) is 6.92 Å². The Bertz CT molecular complexity index is 936. The first kappa shape index (κ1) is 15.4. The van der Waals surface area contributed by atoms with E-state index in [1.807, 2.05) is 48.4 Å². The first-order chi connectivity index (χ1) is 12.2. The second-order valence-electron chi connectivity index (χ2n) is 6.00. The molecule has 128 valence electrons. The fourth-order valence-corrected chi connectivity index (χ4v) is 3.18. The number of hydrogen-bond acceptors (Lipinski definition) is 5. The van der Waals surface area contributed by atoms with Crippen molar-refractivity contribution in [1.29, 1.82) is 0 Å². The molecule has 7 nitrogen and oxygen atoms in total. The quantitative estimate of drug-likeness (QED) is 0.792. The molecule has 0 atom stereocenters. The van der Waals surface area contributed by atoms with E-state index in [1.54, 1.807) is 12.0 Å². The number of ether oxygens (including phenoxy) is 1. The number of anilines is 2. The molecule has 2 aromatic heterocycles. The Kier molecular flexibility index (Phi) is 3.76. The Balaban J connectivity index is 1.60. The molecule has 1 aromatic carbocycles. The van der Waals surface area contributed by atoms with E-state index in [0.717, 1.165) is 28.3 Å². The Labute approximate surface area is 145 Å². The minimum Gasteiger partial charge on any atom is -0.497 e. The van der Waals surface area contributed by atoms with Crippen molar-refractivity contribution in [2.75, 3.05) is 36.5 Å². The summed E-state index contributed by atoms with van der Waals surface area (Å²) in [6.07, 6.45) is 1.84. The maximum absolute atomic E-state index is 12.7. The molecule has 0 spiro atoms. The standard InChI is InChI=1S/C18H19N5O2/c1-12-20-15-6-7-19-17(15)18(21-12)22-8-9-23(16(24)11-22)13-4-3-5-14(10-13)25-2/h3-7,10,19H,8-9,11H2,1-2H3. The monoisotopic (exact) mass is 337 g/mol. The van der Waals surface area contributed by atoms with Gasteiger partial charge in [-0.15, -0.1) is 0 Å². The Morgan fingerprint density at radius 3 is 2.88 bits per heavy atom. The van der Waals surface area contributed by atoms with Gasteiger partial charge >= 0.3 is 0 Å². The summed E-state index contributed by atoms with van der Waals surface area (Å²) in [4.78, 5) is 28.7. The number of amides is 1. The molecule has 1 N–H and O–H groups in total. The van der Waals surface area contributed by atoms with Crippen molar-refractivity contribution in [3.8, 4) is 5.75 Å². The molecule has 3 heterocycles. The third-order valence-corrected chi connectivity index (χ3v) is 4.38. The van der Waals surface area contributed by atoms with Crippen LogP contribution in [0.25, 0.3) is 11.0 Å². The van der Waals surface area contributed by atoms with Crippen molar-refractivity contribution in [2.45, 2.75) is 6.92 Å². The molecule has 7 heteroatoms.